The molecule has 0 aliphatic carbocycles. The second-order valence-electron chi connectivity index (χ2n) is 4.95. The highest BCUT2D eigenvalue weighted by Gasteiger charge is 2.14. The van der Waals surface area contributed by atoms with Gasteiger partial charge in [-0.25, -0.2) is 9.97 Å². The van der Waals surface area contributed by atoms with Crippen LogP contribution in [0.25, 0.3) is 22.4 Å². The van der Waals surface area contributed by atoms with Gasteiger partial charge in [-0.15, -0.1) is 0 Å². The van der Waals surface area contributed by atoms with Crippen LogP contribution < -0.4 is 9.64 Å². The van der Waals surface area contributed by atoms with Gasteiger partial charge in [-0.1, -0.05) is 30.3 Å². The number of benzene rings is 1. The summed E-state index contributed by atoms with van der Waals surface area (Å²) in [7, 11) is 3.76. The van der Waals surface area contributed by atoms with E-state index in [0.717, 1.165) is 11.3 Å². The van der Waals surface area contributed by atoms with Gasteiger partial charge in [0.25, 0.3) is 0 Å². The molecule has 0 radical (unpaired) electrons. The number of rotatable bonds is 4. The Hall–Kier alpha value is -2.76. The van der Waals surface area contributed by atoms with E-state index >= 15 is 0 Å². The Morgan fingerprint density at radius 1 is 1.05 bits per heavy atom. The summed E-state index contributed by atoms with van der Waals surface area (Å²) in [5.41, 5.74) is 2.88. The molecule has 2 heterocycles. The van der Waals surface area contributed by atoms with Crippen molar-refractivity contribution in [3.8, 4) is 17.1 Å². The maximum Gasteiger partial charge on any atom is 0.247 e. The Morgan fingerprint density at radius 2 is 1.82 bits per heavy atom. The predicted molar refractivity (Wildman–Crippen MR) is 86.1 cm³/mol. The Morgan fingerprint density at radius 3 is 2.50 bits per heavy atom. The molecule has 0 aliphatic rings. The molecule has 0 saturated carbocycles. The first-order valence-corrected chi connectivity index (χ1v) is 7.09. The van der Waals surface area contributed by atoms with Gasteiger partial charge >= 0.3 is 0 Å². The fraction of sp³-hybridized carbons (Fsp3) is 0.250. The summed E-state index contributed by atoms with van der Waals surface area (Å²) in [5.74, 6) is 1.01. The summed E-state index contributed by atoms with van der Waals surface area (Å²) in [6, 6.07) is 9.89. The number of nitrogens with zero attached hydrogens (tertiary/aromatic N) is 5. The van der Waals surface area contributed by atoms with E-state index in [0.29, 0.717) is 29.6 Å². The lowest BCUT2D eigenvalue weighted by molar-refractivity contribution is 0.330. The van der Waals surface area contributed by atoms with E-state index < -0.39 is 0 Å². The van der Waals surface area contributed by atoms with Gasteiger partial charge < -0.3 is 9.64 Å². The first-order chi connectivity index (χ1) is 10.7. The van der Waals surface area contributed by atoms with Crippen LogP contribution in [0.1, 0.15) is 6.92 Å². The molecule has 0 fully saturated rings. The molecule has 22 heavy (non-hydrogen) atoms. The third-order valence-electron chi connectivity index (χ3n) is 3.11. The van der Waals surface area contributed by atoms with Crippen molar-refractivity contribution in [2.75, 3.05) is 25.6 Å². The molecule has 6 nitrogen and oxygen atoms in total. The van der Waals surface area contributed by atoms with E-state index in [-0.39, 0.29) is 0 Å². The largest absolute Gasteiger partial charge is 0.476 e. The van der Waals surface area contributed by atoms with E-state index in [4.69, 9.17) is 4.74 Å². The van der Waals surface area contributed by atoms with Crippen molar-refractivity contribution in [3.05, 3.63) is 36.5 Å². The van der Waals surface area contributed by atoms with E-state index in [1.165, 1.54) is 0 Å². The van der Waals surface area contributed by atoms with Crippen molar-refractivity contribution in [1.29, 1.82) is 0 Å². The zero-order chi connectivity index (χ0) is 15.5. The maximum absolute atomic E-state index is 5.62. The van der Waals surface area contributed by atoms with Crippen molar-refractivity contribution in [2.24, 2.45) is 0 Å². The number of fused-ring (bicyclic) bond motifs is 1. The first-order valence-electron chi connectivity index (χ1n) is 7.09. The highest BCUT2D eigenvalue weighted by molar-refractivity contribution is 5.79. The highest BCUT2D eigenvalue weighted by Crippen LogP contribution is 2.25. The molecular weight excluding hydrogens is 278 g/mol. The Labute approximate surface area is 128 Å². The number of hydrogen-bond acceptors (Lipinski definition) is 6. The van der Waals surface area contributed by atoms with Crippen LogP contribution in [0.5, 0.6) is 5.88 Å². The Bertz CT molecular complexity index is 789. The minimum atomic E-state index is 0.460. The van der Waals surface area contributed by atoms with Crippen LogP contribution in [0, 0.1) is 0 Å². The molecule has 6 heteroatoms. The van der Waals surface area contributed by atoms with Crippen LogP contribution in [-0.2, 0) is 0 Å². The van der Waals surface area contributed by atoms with E-state index in [1.807, 2.05) is 56.3 Å². The molecule has 0 amide bonds. The topological polar surface area (TPSA) is 64.0 Å². The van der Waals surface area contributed by atoms with E-state index in [1.54, 1.807) is 6.20 Å². The van der Waals surface area contributed by atoms with Crippen molar-refractivity contribution in [3.63, 3.8) is 0 Å². The summed E-state index contributed by atoms with van der Waals surface area (Å²) >= 11 is 0. The average molecular weight is 295 g/mol. The van der Waals surface area contributed by atoms with Crippen molar-refractivity contribution in [1.82, 2.24) is 19.9 Å². The molecule has 0 saturated heterocycles. The highest BCUT2D eigenvalue weighted by atomic mass is 16.5. The van der Waals surface area contributed by atoms with Gasteiger partial charge in [0, 0.05) is 19.7 Å². The summed E-state index contributed by atoms with van der Waals surface area (Å²) in [6.07, 6.45) is 1.72. The molecule has 3 aromatic rings. The second kappa shape index (κ2) is 5.93. The summed E-state index contributed by atoms with van der Waals surface area (Å²) < 4.78 is 5.62. The molecule has 0 unspecified atom stereocenters. The lowest BCUT2D eigenvalue weighted by atomic mass is 10.2. The SMILES string of the molecule is CCOc1nc(N(C)C)nc2ncc(-c3ccccc3)nc12. The van der Waals surface area contributed by atoms with Gasteiger partial charge in [-0.05, 0) is 6.92 Å². The first kappa shape index (κ1) is 14.2. The summed E-state index contributed by atoms with van der Waals surface area (Å²) in [6.45, 7) is 2.42. The minimum Gasteiger partial charge on any atom is -0.476 e. The van der Waals surface area contributed by atoms with E-state index in [2.05, 4.69) is 19.9 Å². The van der Waals surface area contributed by atoms with E-state index in [9.17, 15) is 0 Å². The molecule has 3 rings (SSSR count). The number of anilines is 1. The van der Waals surface area contributed by atoms with Crippen LogP contribution in [0.2, 0.25) is 0 Å². The van der Waals surface area contributed by atoms with Crippen LogP contribution in [0.3, 0.4) is 0 Å². The Kier molecular flexibility index (Phi) is 3.82. The third-order valence-corrected chi connectivity index (χ3v) is 3.11. The number of hydrogen-bond donors (Lipinski definition) is 0. The van der Waals surface area contributed by atoms with Gasteiger partial charge in [0.2, 0.25) is 11.8 Å². The zero-order valence-electron chi connectivity index (χ0n) is 12.8. The maximum atomic E-state index is 5.62. The van der Waals surface area contributed by atoms with Crippen LogP contribution in [0.4, 0.5) is 5.95 Å². The Balaban J connectivity index is 2.18. The van der Waals surface area contributed by atoms with Crippen molar-refractivity contribution < 1.29 is 4.74 Å². The number of ether oxygens (including phenoxy) is 1. The standard InChI is InChI=1S/C16H17N5O/c1-4-22-15-13-14(19-16(20-15)21(2)3)17-10-12(18-13)11-8-6-5-7-9-11/h5-10H,4H2,1-3H3. The lowest BCUT2D eigenvalue weighted by Gasteiger charge is -2.13. The fourth-order valence-corrected chi connectivity index (χ4v) is 2.06. The van der Waals surface area contributed by atoms with Gasteiger partial charge in [0.15, 0.2) is 11.2 Å². The van der Waals surface area contributed by atoms with Gasteiger partial charge in [0.1, 0.15) is 0 Å². The third kappa shape index (κ3) is 2.67. The molecule has 0 bridgehead atoms. The second-order valence-corrected chi connectivity index (χ2v) is 4.95. The molecular formula is C16H17N5O. The lowest BCUT2D eigenvalue weighted by Crippen LogP contribution is -2.14. The molecule has 112 valence electrons. The van der Waals surface area contributed by atoms with Gasteiger partial charge in [0.05, 0.1) is 18.5 Å². The predicted octanol–water partition coefficient (Wildman–Crippen LogP) is 2.55. The van der Waals surface area contributed by atoms with Crippen molar-refractivity contribution >= 4 is 17.1 Å². The molecule has 0 spiro atoms. The molecule has 1 aromatic carbocycles. The fourth-order valence-electron chi connectivity index (χ4n) is 2.06. The average Bonchev–Trinajstić information content (AvgIpc) is 2.55. The number of aromatic nitrogens is 4. The smallest absolute Gasteiger partial charge is 0.247 e. The molecule has 2 aromatic heterocycles. The molecule has 0 N–H and O–H groups in total. The van der Waals surface area contributed by atoms with Gasteiger partial charge in [-0.2, -0.15) is 9.97 Å². The van der Waals surface area contributed by atoms with Crippen LogP contribution >= 0.6 is 0 Å². The van der Waals surface area contributed by atoms with Crippen molar-refractivity contribution in [2.45, 2.75) is 6.92 Å². The monoisotopic (exact) mass is 295 g/mol. The summed E-state index contributed by atoms with van der Waals surface area (Å²) in [5, 5.41) is 0. The van der Waals surface area contributed by atoms with Gasteiger partial charge in [-0.3, -0.25) is 0 Å². The minimum absolute atomic E-state index is 0.460. The molecule has 0 aliphatic heterocycles. The van der Waals surface area contributed by atoms with Crippen LogP contribution in [0.15, 0.2) is 36.5 Å². The van der Waals surface area contributed by atoms with Crippen LogP contribution in [-0.4, -0.2) is 40.6 Å². The quantitative estimate of drug-likeness (QED) is 0.737. The summed E-state index contributed by atoms with van der Waals surface area (Å²) in [4.78, 5) is 19.7. The normalized spacial score (nSPS) is 10.7. The zero-order valence-corrected chi connectivity index (χ0v) is 12.8. The molecule has 0 atom stereocenters.